The number of aromatic amines is 3. The van der Waals surface area contributed by atoms with Crippen molar-refractivity contribution in [2.45, 2.75) is 26.1 Å². The standard InChI is InChI=1S/C9H17N5O2.C3H3N3O3/c1-5(2)9(15)16-6(3)7-4-8(10)13-14(11)12-7;7-1-4-2(8)6-3(9)5-1/h4,6,8,12-13H,1,10-11H2,2-3H3;(H3,4,5,6,7,8,9). The van der Waals surface area contributed by atoms with Crippen LogP contribution < -0.4 is 39.5 Å². The van der Waals surface area contributed by atoms with E-state index in [0.717, 1.165) is 5.23 Å². The molecule has 0 radical (unpaired) electrons. The van der Waals surface area contributed by atoms with Gasteiger partial charge in [0.2, 0.25) is 0 Å². The van der Waals surface area contributed by atoms with Crippen LogP contribution in [0.3, 0.4) is 0 Å². The molecule has 13 nitrogen and oxygen atoms in total. The molecule has 1 aliphatic heterocycles. The number of aromatic nitrogens is 3. The van der Waals surface area contributed by atoms with Crippen LogP contribution in [0.1, 0.15) is 13.8 Å². The third-order valence-electron chi connectivity index (χ3n) is 2.65. The van der Waals surface area contributed by atoms with Gasteiger partial charge in [-0.1, -0.05) is 11.8 Å². The van der Waals surface area contributed by atoms with Crippen LogP contribution in [0.4, 0.5) is 0 Å². The molecule has 9 N–H and O–H groups in total. The van der Waals surface area contributed by atoms with E-state index in [0.29, 0.717) is 11.3 Å². The lowest BCUT2D eigenvalue weighted by atomic mass is 10.2. The molecule has 0 fully saturated rings. The first-order chi connectivity index (χ1) is 11.6. The summed E-state index contributed by atoms with van der Waals surface area (Å²) in [6.07, 6.45) is 0.787. The van der Waals surface area contributed by atoms with Crippen molar-refractivity contribution in [3.05, 3.63) is 55.4 Å². The van der Waals surface area contributed by atoms with Gasteiger partial charge in [0.05, 0.1) is 11.9 Å². The predicted octanol–water partition coefficient (Wildman–Crippen LogP) is -3.39. The van der Waals surface area contributed by atoms with Crippen molar-refractivity contribution in [1.29, 1.82) is 0 Å². The minimum Gasteiger partial charge on any atom is -0.453 e. The molecule has 0 aromatic carbocycles. The van der Waals surface area contributed by atoms with Crippen LogP contribution >= 0.6 is 0 Å². The maximum atomic E-state index is 11.3. The molecular formula is C12H20N8O5. The van der Waals surface area contributed by atoms with E-state index in [1.165, 1.54) is 0 Å². The highest BCUT2D eigenvalue weighted by molar-refractivity contribution is 5.87. The smallest absolute Gasteiger partial charge is 0.333 e. The number of nitrogens with zero attached hydrogens (tertiary/aromatic N) is 1. The SMILES string of the molecule is C=C(C)C(=O)OC(C)C1=CC(N)NN(N)N1.O=c1[nH]c(=O)[nH]c(=O)[nH]1. The summed E-state index contributed by atoms with van der Waals surface area (Å²) in [7, 11) is 0. The van der Waals surface area contributed by atoms with Crippen molar-refractivity contribution in [3.8, 4) is 0 Å². The molecule has 25 heavy (non-hydrogen) atoms. The molecule has 0 spiro atoms. The highest BCUT2D eigenvalue weighted by atomic mass is 16.5. The van der Waals surface area contributed by atoms with Crippen molar-refractivity contribution in [2.24, 2.45) is 11.6 Å². The predicted molar refractivity (Wildman–Crippen MR) is 87.0 cm³/mol. The molecule has 1 aromatic heterocycles. The molecule has 2 atom stereocenters. The Morgan fingerprint density at radius 2 is 1.72 bits per heavy atom. The zero-order valence-corrected chi connectivity index (χ0v) is 13.6. The number of H-pyrrole nitrogens is 3. The Hall–Kier alpha value is -3.00. The minimum absolute atomic E-state index is 0.343. The minimum atomic E-state index is -0.802. The average molecular weight is 356 g/mol. The average Bonchev–Trinajstić information content (AvgIpc) is 2.45. The van der Waals surface area contributed by atoms with Crippen LogP contribution in [0.15, 0.2) is 38.3 Å². The van der Waals surface area contributed by atoms with Crippen LogP contribution in [0.25, 0.3) is 0 Å². The van der Waals surface area contributed by atoms with Gasteiger partial charge in [0.25, 0.3) is 0 Å². The van der Waals surface area contributed by atoms with Gasteiger partial charge in [-0.25, -0.2) is 30.4 Å². The van der Waals surface area contributed by atoms with E-state index >= 15 is 0 Å². The Kier molecular flexibility index (Phi) is 7.01. The summed E-state index contributed by atoms with van der Waals surface area (Å²) >= 11 is 0. The van der Waals surface area contributed by atoms with Gasteiger partial charge in [-0.15, -0.1) is 0 Å². The van der Waals surface area contributed by atoms with Crippen LogP contribution in [0.2, 0.25) is 0 Å². The number of rotatable bonds is 3. The van der Waals surface area contributed by atoms with Gasteiger partial charge in [0, 0.05) is 5.57 Å². The molecule has 2 unspecified atom stereocenters. The van der Waals surface area contributed by atoms with E-state index in [9.17, 15) is 19.2 Å². The molecule has 0 saturated heterocycles. The summed E-state index contributed by atoms with van der Waals surface area (Å²) in [4.78, 5) is 47.2. The van der Waals surface area contributed by atoms with Crippen LogP contribution in [0.5, 0.6) is 0 Å². The largest absolute Gasteiger partial charge is 0.453 e. The summed E-state index contributed by atoms with van der Waals surface area (Å²) in [6.45, 7) is 6.79. The van der Waals surface area contributed by atoms with E-state index in [2.05, 4.69) is 17.4 Å². The van der Waals surface area contributed by atoms with Crippen molar-refractivity contribution >= 4 is 5.97 Å². The maximum absolute atomic E-state index is 11.3. The second-order valence-electron chi connectivity index (χ2n) is 4.95. The Balaban J connectivity index is 0.000000293. The number of nitrogens with one attached hydrogen (secondary N) is 5. The van der Waals surface area contributed by atoms with Gasteiger partial charge in [0.1, 0.15) is 6.10 Å². The van der Waals surface area contributed by atoms with Gasteiger partial charge >= 0.3 is 23.0 Å². The zero-order chi connectivity index (χ0) is 19.1. The van der Waals surface area contributed by atoms with Gasteiger partial charge < -0.3 is 10.5 Å². The van der Waals surface area contributed by atoms with Crippen molar-refractivity contribution in [3.63, 3.8) is 0 Å². The Bertz CT molecular complexity index is 743. The Labute approximate surface area is 140 Å². The molecule has 2 heterocycles. The maximum Gasteiger partial charge on any atom is 0.333 e. The molecule has 2 rings (SSSR count). The van der Waals surface area contributed by atoms with Crippen LogP contribution in [-0.2, 0) is 9.53 Å². The first-order valence-corrected chi connectivity index (χ1v) is 6.93. The van der Waals surface area contributed by atoms with E-state index in [1.807, 2.05) is 0 Å². The normalized spacial score (nSPS) is 18.1. The molecule has 1 aromatic rings. The van der Waals surface area contributed by atoms with Gasteiger partial charge in [-0.3, -0.25) is 20.4 Å². The first-order valence-electron chi connectivity index (χ1n) is 6.93. The second kappa shape index (κ2) is 8.74. The summed E-state index contributed by atoms with van der Waals surface area (Å²) in [5, 5.41) is 1.12. The van der Waals surface area contributed by atoms with Crippen molar-refractivity contribution in [2.75, 3.05) is 0 Å². The quantitative estimate of drug-likeness (QED) is 0.162. The number of esters is 1. The molecular weight excluding hydrogens is 336 g/mol. The molecule has 0 saturated carbocycles. The molecule has 138 valence electrons. The highest BCUT2D eigenvalue weighted by Crippen LogP contribution is 2.08. The monoisotopic (exact) mass is 356 g/mol. The number of ether oxygens (including phenoxy) is 1. The molecule has 0 amide bonds. The van der Waals surface area contributed by atoms with Crippen molar-refractivity contribution < 1.29 is 9.53 Å². The van der Waals surface area contributed by atoms with Gasteiger partial charge in [0.15, 0.2) is 0 Å². The fraction of sp³-hybridized carbons (Fsp3) is 0.333. The van der Waals surface area contributed by atoms with E-state index in [1.54, 1.807) is 34.9 Å². The third kappa shape index (κ3) is 6.96. The zero-order valence-electron chi connectivity index (χ0n) is 13.6. The number of hydrogen-bond donors (Lipinski definition) is 7. The lowest BCUT2D eigenvalue weighted by Crippen LogP contribution is -2.62. The van der Waals surface area contributed by atoms with E-state index in [-0.39, 0.29) is 0 Å². The number of hydrogen-bond acceptors (Lipinski definition) is 10. The first kappa shape index (κ1) is 20.0. The molecule has 13 heteroatoms. The summed E-state index contributed by atoms with van der Waals surface area (Å²) in [5.41, 5.74) is 9.64. The fourth-order valence-corrected chi connectivity index (χ4v) is 1.55. The van der Waals surface area contributed by atoms with E-state index in [4.69, 9.17) is 16.3 Å². The lowest BCUT2D eigenvalue weighted by molar-refractivity contribution is -0.142. The second-order valence-corrected chi connectivity index (χ2v) is 4.95. The molecule has 0 aliphatic carbocycles. The highest BCUT2D eigenvalue weighted by Gasteiger charge is 2.20. The topological polar surface area (TPSA) is 204 Å². The lowest BCUT2D eigenvalue weighted by Gasteiger charge is -2.31. The van der Waals surface area contributed by atoms with Crippen LogP contribution in [0, 0.1) is 0 Å². The van der Waals surface area contributed by atoms with E-state index < -0.39 is 35.3 Å². The molecule has 0 bridgehead atoms. The number of carbonyl (C=O) groups is 1. The summed E-state index contributed by atoms with van der Waals surface area (Å²) in [5.74, 6) is 5.02. The molecule has 1 aliphatic rings. The Morgan fingerprint density at radius 1 is 1.24 bits per heavy atom. The van der Waals surface area contributed by atoms with Gasteiger partial charge in [-0.2, -0.15) is 0 Å². The number of nitrogens with two attached hydrogens (primary N) is 2. The van der Waals surface area contributed by atoms with Crippen LogP contribution in [-0.4, -0.2) is 38.4 Å². The third-order valence-corrected chi connectivity index (χ3v) is 2.65. The number of carbonyl (C=O) groups excluding carboxylic acids is 1. The number of hydrazine groups is 3. The summed E-state index contributed by atoms with van der Waals surface area (Å²) in [6, 6.07) is 0. The summed E-state index contributed by atoms with van der Waals surface area (Å²) < 4.78 is 5.11. The van der Waals surface area contributed by atoms with Gasteiger partial charge in [-0.05, 0) is 19.9 Å². The van der Waals surface area contributed by atoms with Crippen molar-refractivity contribution in [1.82, 2.24) is 31.0 Å². The Morgan fingerprint density at radius 3 is 2.12 bits per heavy atom. The fourth-order valence-electron chi connectivity index (χ4n) is 1.55.